The summed E-state index contributed by atoms with van der Waals surface area (Å²) < 4.78 is 16.7. The number of halogens is 4. The average molecular weight is 732 g/mol. The molecule has 262 valence electrons. The zero-order valence-corrected chi connectivity index (χ0v) is 29.2. The van der Waals surface area contributed by atoms with Crippen LogP contribution in [0.4, 0.5) is 5.69 Å². The van der Waals surface area contributed by atoms with Crippen molar-refractivity contribution >= 4 is 61.2 Å². The van der Waals surface area contributed by atoms with Crippen molar-refractivity contribution in [2.24, 2.45) is 0 Å². The summed E-state index contributed by atoms with van der Waals surface area (Å²) in [6.45, 7) is 8.73. The van der Waals surface area contributed by atoms with E-state index in [0.717, 1.165) is 68.5 Å². The molecule has 0 radical (unpaired) electrons. The van der Waals surface area contributed by atoms with Crippen molar-refractivity contribution in [2.45, 2.75) is 0 Å². The van der Waals surface area contributed by atoms with Gasteiger partial charge in [0.25, 0.3) is 5.91 Å². The lowest BCUT2D eigenvalue weighted by Gasteiger charge is -2.36. The van der Waals surface area contributed by atoms with Crippen LogP contribution in [0.3, 0.4) is 0 Å². The number of benzene rings is 2. The Morgan fingerprint density at radius 2 is 1.41 bits per heavy atom. The van der Waals surface area contributed by atoms with E-state index in [1.807, 2.05) is 47.4 Å². The zero-order chi connectivity index (χ0) is 27.0. The van der Waals surface area contributed by atoms with E-state index in [0.29, 0.717) is 36.9 Å². The molecule has 3 aromatic rings. The molecule has 16 heteroatoms. The molecule has 0 aliphatic carbocycles. The van der Waals surface area contributed by atoms with Crippen LogP contribution in [0.25, 0.3) is 11.3 Å². The van der Waals surface area contributed by atoms with Crippen molar-refractivity contribution in [1.29, 1.82) is 0 Å². The van der Waals surface area contributed by atoms with Gasteiger partial charge < -0.3 is 45.8 Å². The topological polar surface area (TPSA) is 174 Å². The molecular formula is C30H47Cl4N5O7. The minimum Gasteiger partial charge on any atom is -0.493 e. The fraction of sp³-hybridized carbons (Fsp3) is 0.400. The summed E-state index contributed by atoms with van der Waals surface area (Å²) >= 11 is 0. The number of methoxy groups -OCH3 is 2. The molecule has 0 saturated carbocycles. The third-order valence-electron chi connectivity index (χ3n) is 7.30. The molecule has 2 aromatic carbocycles. The first-order chi connectivity index (χ1) is 19.1. The molecule has 2 aliphatic heterocycles. The van der Waals surface area contributed by atoms with E-state index in [1.54, 1.807) is 20.3 Å². The number of hydrogen-bond donors (Lipinski definition) is 1. The first-order valence-electron chi connectivity index (χ1n) is 13.5. The minimum atomic E-state index is -0.0507. The Hall–Kier alpha value is -2.78. The molecule has 5 rings (SSSR count). The molecular weight excluding hydrogens is 684 g/mol. The average Bonchev–Trinajstić information content (AvgIpc) is 3.01. The number of nitrogens with one attached hydrogen (secondary N) is 1. The third kappa shape index (κ3) is 12.1. The summed E-state index contributed by atoms with van der Waals surface area (Å²) in [7, 11) is 3.21. The highest BCUT2D eigenvalue weighted by atomic mass is 35.5. The van der Waals surface area contributed by atoms with Crippen molar-refractivity contribution in [3.8, 4) is 28.5 Å². The number of aromatic nitrogens is 1. The quantitative estimate of drug-likeness (QED) is 0.349. The number of rotatable bonds is 9. The fourth-order valence-corrected chi connectivity index (χ4v) is 5.02. The number of hydrogen-bond acceptors (Lipinski definition) is 8. The van der Waals surface area contributed by atoms with Crippen LogP contribution in [0, 0.1) is 0 Å². The highest BCUT2D eigenvalue weighted by molar-refractivity contribution is 5.93. The number of carbonyl (C=O) groups excluding carboxylic acids is 1. The van der Waals surface area contributed by atoms with Gasteiger partial charge in [-0.05, 0) is 54.6 Å². The zero-order valence-electron chi connectivity index (χ0n) is 25.9. The van der Waals surface area contributed by atoms with Gasteiger partial charge in [0.05, 0.1) is 19.9 Å². The van der Waals surface area contributed by atoms with Gasteiger partial charge in [-0.15, -0.1) is 49.6 Å². The summed E-state index contributed by atoms with van der Waals surface area (Å²) in [5.41, 5.74) is 3.17. The number of ether oxygens (including phenoxy) is 3. The number of piperazine rings is 2. The predicted octanol–water partition coefficient (Wildman–Crippen LogP) is 2.23. The second kappa shape index (κ2) is 23.5. The number of carbonyl (C=O) groups is 1. The number of pyridine rings is 1. The maximum Gasteiger partial charge on any atom is 0.272 e. The van der Waals surface area contributed by atoms with Crippen LogP contribution in [0.15, 0.2) is 60.7 Å². The lowest BCUT2D eigenvalue weighted by molar-refractivity contribution is 0.0741. The molecule has 46 heavy (non-hydrogen) atoms. The van der Waals surface area contributed by atoms with Gasteiger partial charge in [-0.1, -0.05) is 6.07 Å². The number of nitrogens with zero attached hydrogens (tertiary/aromatic N) is 4. The lowest BCUT2D eigenvalue weighted by Crippen LogP contribution is -2.49. The highest BCUT2D eigenvalue weighted by Crippen LogP contribution is 2.31. The highest BCUT2D eigenvalue weighted by Gasteiger charge is 2.23. The Morgan fingerprint density at radius 3 is 2.02 bits per heavy atom. The number of amides is 1. The van der Waals surface area contributed by atoms with Gasteiger partial charge in [0.15, 0.2) is 11.5 Å². The van der Waals surface area contributed by atoms with E-state index in [1.165, 1.54) is 0 Å². The summed E-state index contributed by atoms with van der Waals surface area (Å²) in [4.78, 5) is 24.6. The molecule has 2 aliphatic rings. The third-order valence-corrected chi connectivity index (χ3v) is 7.30. The van der Waals surface area contributed by atoms with Crippen LogP contribution in [-0.2, 0) is 0 Å². The second-order valence-corrected chi connectivity index (χ2v) is 9.69. The molecule has 3 heterocycles. The molecule has 1 amide bonds. The number of anilines is 1. The molecule has 2 saturated heterocycles. The van der Waals surface area contributed by atoms with Crippen molar-refractivity contribution in [3.63, 3.8) is 0 Å². The van der Waals surface area contributed by atoms with Crippen LogP contribution in [-0.4, -0.2) is 117 Å². The normalized spacial score (nSPS) is 13.7. The summed E-state index contributed by atoms with van der Waals surface area (Å²) in [5.74, 6) is 2.12. The predicted molar refractivity (Wildman–Crippen MR) is 192 cm³/mol. The lowest BCUT2D eigenvalue weighted by atomic mass is 10.1. The maximum absolute atomic E-state index is 13.3. The second-order valence-electron chi connectivity index (χ2n) is 9.69. The Bertz CT molecular complexity index is 1270. The summed E-state index contributed by atoms with van der Waals surface area (Å²) in [6.07, 6.45) is 0. The van der Waals surface area contributed by atoms with Gasteiger partial charge in [-0.2, -0.15) is 0 Å². The van der Waals surface area contributed by atoms with E-state index < -0.39 is 0 Å². The van der Waals surface area contributed by atoms with E-state index in [-0.39, 0.29) is 72.0 Å². The summed E-state index contributed by atoms with van der Waals surface area (Å²) in [6, 6.07) is 19.5. The molecule has 0 spiro atoms. The van der Waals surface area contributed by atoms with Gasteiger partial charge >= 0.3 is 0 Å². The van der Waals surface area contributed by atoms with Crippen LogP contribution < -0.4 is 24.4 Å². The van der Waals surface area contributed by atoms with E-state index in [2.05, 4.69) is 32.2 Å². The molecule has 2 fully saturated rings. The monoisotopic (exact) mass is 729 g/mol. The van der Waals surface area contributed by atoms with Crippen LogP contribution >= 0.6 is 49.6 Å². The van der Waals surface area contributed by atoms with E-state index in [9.17, 15) is 4.79 Å². The van der Waals surface area contributed by atoms with E-state index >= 15 is 0 Å². The Balaban J connectivity index is -0.00000264. The van der Waals surface area contributed by atoms with Crippen molar-refractivity contribution < 1.29 is 35.4 Å². The van der Waals surface area contributed by atoms with E-state index in [4.69, 9.17) is 14.2 Å². The van der Waals surface area contributed by atoms with Crippen molar-refractivity contribution in [3.05, 3.63) is 66.4 Å². The first kappa shape index (κ1) is 47.6. The van der Waals surface area contributed by atoms with Crippen LogP contribution in [0.5, 0.6) is 17.2 Å². The largest absolute Gasteiger partial charge is 0.493 e. The molecule has 7 N–H and O–H groups in total. The fourth-order valence-electron chi connectivity index (χ4n) is 5.02. The minimum absolute atomic E-state index is 0. The Kier molecular flexibility index (Phi) is 24.4. The van der Waals surface area contributed by atoms with Gasteiger partial charge in [0.2, 0.25) is 0 Å². The maximum atomic E-state index is 13.3. The van der Waals surface area contributed by atoms with Crippen molar-refractivity contribution in [2.75, 3.05) is 84.6 Å². The molecule has 12 nitrogen and oxygen atoms in total. The van der Waals surface area contributed by atoms with Gasteiger partial charge in [0.1, 0.15) is 18.1 Å². The smallest absolute Gasteiger partial charge is 0.272 e. The molecule has 0 bridgehead atoms. The Morgan fingerprint density at radius 1 is 0.783 bits per heavy atom. The standard InChI is InChI=1S/C30H37N5O4.4ClH.3H2O/c1-37-28-11-6-23(22-29(28)38-2)26-4-3-5-27(32-26)30(36)35-18-16-34(17-19-35)24-7-9-25(10-8-24)39-21-20-33-14-12-31-13-15-33;;;;;;;/h3-11,22,31H,12-21H2,1-2H3;4*1H;3*1H2. The van der Waals surface area contributed by atoms with Gasteiger partial charge in [0, 0.05) is 70.2 Å². The van der Waals surface area contributed by atoms with Crippen LogP contribution in [0.1, 0.15) is 10.5 Å². The summed E-state index contributed by atoms with van der Waals surface area (Å²) in [5, 5.41) is 3.37. The van der Waals surface area contributed by atoms with Gasteiger partial charge in [-0.25, -0.2) is 4.98 Å². The Labute approximate surface area is 295 Å². The first-order valence-corrected chi connectivity index (χ1v) is 13.5. The molecule has 1 aromatic heterocycles. The molecule has 0 unspecified atom stereocenters. The van der Waals surface area contributed by atoms with Crippen LogP contribution in [0.2, 0.25) is 0 Å². The molecule has 0 atom stereocenters. The van der Waals surface area contributed by atoms with Crippen molar-refractivity contribution in [1.82, 2.24) is 20.1 Å². The SMILES string of the molecule is COc1ccc(-c2cccc(C(=O)N3CCN(c4ccc(OCCN5CCNCC5)cc4)CC3)n2)cc1OC.Cl.Cl.Cl.Cl.O.O.O. The van der Waals surface area contributed by atoms with Gasteiger partial charge in [-0.3, -0.25) is 9.69 Å².